The number of fused-ring (bicyclic) bond motifs is 2. The molecule has 7 heteroatoms. The van der Waals surface area contributed by atoms with Crippen LogP contribution >= 0.6 is 0 Å². The van der Waals surface area contributed by atoms with Gasteiger partial charge in [0.2, 0.25) is 5.91 Å². The first-order chi connectivity index (χ1) is 16.7. The molecule has 2 saturated carbocycles. The molecule has 3 N–H and O–H groups in total. The molecule has 34 heavy (non-hydrogen) atoms. The second-order valence-corrected chi connectivity index (χ2v) is 11.2. The maximum absolute atomic E-state index is 13.0. The molecular weight excluding hydrogens is 424 g/mol. The van der Waals surface area contributed by atoms with Crippen molar-refractivity contribution in [1.82, 2.24) is 20.7 Å². The molecular formula is C27H38N6O. The second-order valence-electron chi connectivity index (χ2n) is 11.2. The minimum Gasteiger partial charge on any atom is -0.368 e. The van der Waals surface area contributed by atoms with Gasteiger partial charge in [-0.1, -0.05) is 31.7 Å². The zero-order valence-corrected chi connectivity index (χ0v) is 20.1. The van der Waals surface area contributed by atoms with Crippen molar-refractivity contribution < 1.29 is 4.79 Å². The SMILES string of the molecule is N#C[C@H]1CCCC[C@@H]1N1NC(Nc2ccc3c(c2)CN(CC2CCCC2)C3)C2C(=O)NCCC21. The van der Waals surface area contributed by atoms with E-state index in [9.17, 15) is 10.1 Å². The quantitative estimate of drug-likeness (QED) is 0.623. The third-order valence-corrected chi connectivity index (χ3v) is 9.02. The highest BCUT2D eigenvalue weighted by atomic mass is 16.2. The minimum atomic E-state index is -0.152. The molecule has 3 aliphatic heterocycles. The average Bonchev–Trinajstić information content (AvgIpc) is 3.58. The standard InChI is InChI=1S/C27H38N6O/c28-14-19-7-3-4-8-23(19)33-24-11-12-29-27(34)25(24)26(31-33)30-22-10-9-20-16-32(17-21(20)13-22)15-18-5-1-2-6-18/h9-10,13,18-19,23-26,30-31H,1-8,11-12,15-17H2,(H,29,34)/t19-,23+,24?,25?,26?/m1/s1. The van der Waals surface area contributed by atoms with E-state index in [1.54, 1.807) is 0 Å². The van der Waals surface area contributed by atoms with Gasteiger partial charge >= 0.3 is 0 Å². The summed E-state index contributed by atoms with van der Waals surface area (Å²) in [5, 5.41) is 18.8. The molecule has 2 aliphatic carbocycles. The fourth-order valence-electron chi connectivity index (χ4n) is 7.32. The van der Waals surface area contributed by atoms with Crippen LogP contribution in [0, 0.1) is 29.1 Å². The largest absolute Gasteiger partial charge is 0.368 e. The Morgan fingerprint density at radius 2 is 1.79 bits per heavy atom. The lowest BCUT2D eigenvalue weighted by Crippen LogP contribution is -2.54. The van der Waals surface area contributed by atoms with Gasteiger partial charge < -0.3 is 10.6 Å². The summed E-state index contributed by atoms with van der Waals surface area (Å²) in [7, 11) is 0. The highest BCUT2D eigenvalue weighted by Gasteiger charge is 2.51. The van der Waals surface area contributed by atoms with Crippen LogP contribution in [0.25, 0.3) is 0 Å². The smallest absolute Gasteiger partial charge is 0.228 e. The van der Waals surface area contributed by atoms with E-state index in [0.717, 1.165) is 56.8 Å². The van der Waals surface area contributed by atoms with Crippen molar-refractivity contribution in [3.8, 4) is 6.07 Å². The maximum Gasteiger partial charge on any atom is 0.228 e. The topological polar surface area (TPSA) is 83.4 Å². The number of hydrogen-bond donors (Lipinski definition) is 3. The predicted molar refractivity (Wildman–Crippen MR) is 131 cm³/mol. The third-order valence-electron chi connectivity index (χ3n) is 9.02. The van der Waals surface area contributed by atoms with Gasteiger partial charge in [0.05, 0.1) is 17.9 Å². The highest BCUT2D eigenvalue weighted by Crippen LogP contribution is 2.37. The fourth-order valence-corrected chi connectivity index (χ4v) is 7.32. The van der Waals surface area contributed by atoms with E-state index in [1.807, 2.05) is 0 Å². The fraction of sp³-hybridized carbons (Fsp3) is 0.704. The number of benzene rings is 1. The summed E-state index contributed by atoms with van der Waals surface area (Å²) in [5.74, 6) is 0.884. The zero-order valence-electron chi connectivity index (χ0n) is 20.1. The van der Waals surface area contributed by atoms with Gasteiger partial charge in [0.25, 0.3) is 0 Å². The van der Waals surface area contributed by atoms with Gasteiger partial charge in [-0.25, -0.2) is 10.4 Å². The lowest BCUT2D eigenvalue weighted by molar-refractivity contribution is -0.128. The molecule has 1 aromatic rings. The Kier molecular flexibility index (Phi) is 6.23. The van der Waals surface area contributed by atoms with E-state index >= 15 is 0 Å². The first-order valence-corrected chi connectivity index (χ1v) is 13.5. The number of hydrazine groups is 1. The summed E-state index contributed by atoms with van der Waals surface area (Å²) in [6.07, 6.45) is 10.6. The number of anilines is 1. The van der Waals surface area contributed by atoms with Crippen LogP contribution in [0.5, 0.6) is 0 Å². The highest BCUT2D eigenvalue weighted by molar-refractivity contribution is 5.82. The Morgan fingerprint density at radius 1 is 1.00 bits per heavy atom. The molecule has 1 aromatic carbocycles. The van der Waals surface area contributed by atoms with Gasteiger partial charge in [0, 0.05) is 44.0 Å². The molecule has 182 valence electrons. The Hall–Kier alpha value is -2.14. The number of nitrogens with one attached hydrogen (secondary N) is 3. The molecule has 1 amide bonds. The van der Waals surface area contributed by atoms with Crippen LogP contribution in [-0.4, -0.2) is 47.2 Å². The summed E-state index contributed by atoms with van der Waals surface area (Å²) >= 11 is 0. The molecule has 5 aliphatic rings. The van der Waals surface area contributed by atoms with Crippen molar-refractivity contribution in [3.63, 3.8) is 0 Å². The number of rotatable bonds is 5. The Balaban J connectivity index is 1.17. The lowest BCUT2D eigenvalue weighted by Gasteiger charge is -2.39. The Bertz CT molecular complexity index is 953. The third kappa shape index (κ3) is 4.21. The van der Waals surface area contributed by atoms with Crippen molar-refractivity contribution in [1.29, 1.82) is 5.26 Å². The van der Waals surface area contributed by atoms with Crippen LogP contribution in [0.3, 0.4) is 0 Å². The molecule has 6 rings (SSSR count). The normalized spacial score (nSPS) is 34.4. The van der Waals surface area contributed by atoms with Gasteiger partial charge in [0.15, 0.2) is 0 Å². The molecule has 5 atom stereocenters. The zero-order chi connectivity index (χ0) is 23.1. The van der Waals surface area contributed by atoms with Crippen molar-refractivity contribution >= 4 is 11.6 Å². The van der Waals surface area contributed by atoms with Crippen LogP contribution in [-0.2, 0) is 17.9 Å². The number of piperidine rings is 1. The molecule has 0 bridgehead atoms. The first-order valence-electron chi connectivity index (χ1n) is 13.5. The average molecular weight is 463 g/mol. The maximum atomic E-state index is 13.0. The summed E-state index contributed by atoms with van der Waals surface area (Å²) in [4.78, 5) is 15.6. The molecule has 3 unspecified atom stereocenters. The number of amides is 1. The van der Waals surface area contributed by atoms with Crippen LogP contribution in [0.4, 0.5) is 5.69 Å². The van der Waals surface area contributed by atoms with Gasteiger partial charge in [-0.2, -0.15) is 5.26 Å². The molecule has 0 spiro atoms. The number of nitriles is 1. The van der Waals surface area contributed by atoms with Crippen molar-refractivity contribution in [2.24, 2.45) is 17.8 Å². The predicted octanol–water partition coefficient (Wildman–Crippen LogP) is 3.34. The summed E-state index contributed by atoms with van der Waals surface area (Å²) in [5.41, 5.74) is 7.61. The second kappa shape index (κ2) is 9.49. The van der Waals surface area contributed by atoms with Crippen molar-refractivity contribution in [3.05, 3.63) is 29.3 Å². The van der Waals surface area contributed by atoms with Crippen LogP contribution in [0.15, 0.2) is 18.2 Å². The molecule has 7 nitrogen and oxygen atoms in total. The lowest BCUT2D eigenvalue weighted by atomic mass is 9.83. The summed E-state index contributed by atoms with van der Waals surface area (Å²) in [6.45, 7) is 4.03. The van der Waals surface area contributed by atoms with Gasteiger partial charge in [-0.05, 0) is 61.3 Å². The number of carbonyl (C=O) groups excluding carboxylic acids is 1. The molecule has 3 heterocycles. The Morgan fingerprint density at radius 3 is 2.65 bits per heavy atom. The van der Waals surface area contributed by atoms with E-state index in [1.165, 1.54) is 43.4 Å². The minimum absolute atomic E-state index is 0.0384. The molecule has 2 saturated heterocycles. The molecule has 0 radical (unpaired) electrons. The van der Waals surface area contributed by atoms with Crippen LogP contribution in [0.2, 0.25) is 0 Å². The first kappa shape index (κ1) is 22.3. The van der Waals surface area contributed by atoms with Crippen molar-refractivity contribution in [2.75, 3.05) is 18.4 Å². The van der Waals surface area contributed by atoms with E-state index < -0.39 is 0 Å². The number of carbonyl (C=O) groups is 1. The van der Waals surface area contributed by atoms with Crippen molar-refractivity contribution in [2.45, 2.75) is 89.1 Å². The van der Waals surface area contributed by atoms with E-state index in [0.29, 0.717) is 6.54 Å². The van der Waals surface area contributed by atoms with Gasteiger partial charge in [0.1, 0.15) is 6.17 Å². The number of hydrogen-bond acceptors (Lipinski definition) is 6. The van der Waals surface area contributed by atoms with Gasteiger partial charge in [-0.15, -0.1) is 0 Å². The van der Waals surface area contributed by atoms with E-state index in [2.05, 4.69) is 50.2 Å². The van der Waals surface area contributed by atoms with Gasteiger partial charge in [-0.3, -0.25) is 9.69 Å². The summed E-state index contributed by atoms with van der Waals surface area (Å²) < 4.78 is 0. The monoisotopic (exact) mass is 462 g/mol. The number of nitrogens with zero attached hydrogens (tertiary/aromatic N) is 3. The molecule has 0 aromatic heterocycles. The van der Waals surface area contributed by atoms with Crippen LogP contribution in [0.1, 0.15) is 68.9 Å². The molecule has 4 fully saturated rings. The van der Waals surface area contributed by atoms with E-state index in [4.69, 9.17) is 0 Å². The summed E-state index contributed by atoms with van der Waals surface area (Å²) in [6, 6.07) is 9.62. The Labute approximate surface area is 203 Å². The van der Waals surface area contributed by atoms with Crippen LogP contribution < -0.4 is 16.1 Å². The van der Waals surface area contributed by atoms with E-state index in [-0.39, 0.29) is 36.0 Å².